The molecule has 1 aliphatic heterocycles. The molecule has 0 spiro atoms. The summed E-state index contributed by atoms with van der Waals surface area (Å²) in [5.74, 6) is 0. The van der Waals surface area contributed by atoms with Gasteiger partial charge in [0.15, 0.2) is 0 Å². The fraction of sp³-hybridized carbons (Fsp3) is 0.462. The van der Waals surface area contributed by atoms with Crippen molar-refractivity contribution in [1.29, 1.82) is 0 Å². The average Bonchev–Trinajstić information content (AvgIpc) is 2.44. The number of hydrogen-bond donors (Lipinski definition) is 1. The molecule has 8 heteroatoms. The number of sulfonamides is 1. The van der Waals surface area contributed by atoms with Crippen LogP contribution in [0.2, 0.25) is 5.02 Å². The zero-order valence-corrected chi connectivity index (χ0v) is 13.3. The van der Waals surface area contributed by atoms with Crippen LogP contribution in [0.15, 0.2) is 24.3 Å². The molecule has 116 valence electrons. The largest absolute Gasteiger partial charge is 0.334 e. The van der Waals surface area contributed by atoms with E-state index in [9.17, 15) is 13.2 Å². The van der Waals surface area contributed by atoms with Crippen LogP contribution in [0.25, 0.3) is 0 Å². The number of amides is 2. The minimum absolute atomic E-state index is 0.192. The van der Waals surface area contributed by atoms with Crippen molar-refractivity contribution in [1.82, 2.24) is 14.5 Å². The number of rotatable bonds is 3. The topological polar surface area (TPSA) is 69.7 Å². The molecule has 1 N–H and O–H groups in total. The van der Waals surface area contributed by atoms with Crippen LogP contribution in [0.3, 0.4) is 0 Å². The molecule has 1 aromatic carbocycles. The van der Waals surface area contributed by atoms with E-state index in [1.54, 1.807) is 17.0 Å². The summed E-state index contributed by atoms with van der Waals surface area (Å²) in [5, 5.41) is 3.44. The molecule has 0 radical (unpaired) electrons. The summed E-state index contributed by atoms with van der Waals surface area (Å²) in [4.78, 5) is 13.6. The number of piperazine rings is 1. The van der Waals surface area contributed by atoms with Gasteiger partial charge in [-0.15, -0.1) is 0 Å². The first kappa shape index (κ1) is 16.1. The third-order valence-corrected chi connectivity index (χ3v) is 4.87. The summed E-state index contributed by atoms with van der Waals surface area (Å²) in [5.41, 5.74) is 0.922. The van der Waals surface area contributed by atoms with E-state index in [4.69, 9.17) is 11.6 Å². The number of urea groups is 1. The zero-order valence-electron chi connectivity index (χ0n) is 11.8. The van der Waals surface area contributed by atoms with Crippen molar-refractivity contribution < 1.29 is 13.2 Å². The highest BCUT2D eigenvalue weighted by Gasteiger charge is 2.25. The quantitative estimate of drug-likeness (QED) is 0.902. The highest BCUT2D eigenvalue weighted by molar-refractivity contribution is 7.88. The molecule has 0 unspecified atom stereocenters. The number of carbonyl (C=O) groups is 1. The van der Waals surface area contributed by atoms with Crippen molar-refractivity contribution in [2.75, 3.05) is 32.4 Å². The van der Waals surface area contributed by atoms with Gasteiger partial charge in [0.2, 0.25) is 10.0 Å². The Bertz CT molecular complexity index is 613. The molecule has 1 saturated heterocycles. The van der Waals surface area contributed by atoms with Gasteiger partial charge >= 0.3 is 6.03 Å². The Hall–Kier alpha value is -1.31. The second-order valence-electron chi connectivity index (χ2n) is 4.94. The number of carbonyl (C=O) groups excluding carboxylic acids is 1. The van der Waals surface area contributed by atoms with E-state index < -0.39 is 10.0 Å². The van der Waals surface area contributed by atoms with Gasteiger partial charge in [-0.2, -0.15) is 4.31 Å². The second-order valence-corrected chi connectivity index (χ2v) is 7.36. The highest BCUT2D eigenvalue weighted by atomic mass is 35.5. The van der Waals surface area contributed by atoms with E-state index in [0.29, 0.717) is 37.7 Å². The Kier molecular flexibility index (Phi) is 5.08. The van der Waals surface area contributed by atoms with Crippen LogP contribution in [0.5, 0.6) is 0 Å². The number of halogens is 1. The Morgan fingerprint density at radius 3 is 2.52 bits per heavy atom. The Morgan fingerprint density at radius 2 is 1.95 bits per heavy atom. The van der Waals surface area contributed by atoms with Crippen LogP contribution >= 0.6 is 11.6 Å². The van der Waals surface area contributed by atoms with E-state index >= 15 is 0 Å². The average molecular weight is 332 g/mol. The lowest BCUT2D eigenvalue weighted by molar-refractivity contribution is 0.172. The van der Waals surface area contributed by atoms with Gasteiger partial charge in [-0.05, 0) is 17.7 Å². The monoisotopic (exact) mass is 331 g/mol. The van der Waals surface area contributed by atoms with Crippen molar-refractivity contribution >= 4 is 27.7 Å². The van der Waals surface area contributed by atoms with Gasteiger partial charge < -0.3 is 10.2 Å². The van der Waals surface area contributed by atoms with E-state index in [1.165, 1.54) is 10.6 Å². The summed E-state index contributed by atoms with van der Waals surface area (Å²) in [6.07, 6.45) is 1.18. The standard InChI is InChI=1S/C13H18ClN3O3S/c1-21(19,20)17-7-5-16(6-8-17)13(18)15-10-11-3-2-4-12(14)9-11/h2-4,9H,5-8,10H2,1H3,(H,15,18). The van der Waals surface area contributed by atoms with Crippen molar-refractivity contribution in [2.24, 2.45) is 0 Å². The fourth-order valence-corrected chi connectivity index (χ4v) is 3.20. The molecule has 1 aliphatic rings. The predicted octanol–water partition coefficient (Wildman–Crippen LogP) is 1.13. The molecule has 0 aliphatic carbocycles. The lowest BCUT2D eigenvalue weighted by atomic mass is 10.2. The third-order valence-electron chi connectivity index (χ3n) is 3.33. The maximum absolute atomic E-state index is 12.0. The van der Waals surface area contributed by atoms with Crippen LogP contribution in [-0.4, -0.2) is 56.1 Å². The molecule has 0 saturated carbocycles. The molecule has 1 fully saturated rings. The van der Waals surface area contributed by atoms with Crippen molar-refractivity contribution in [3.8, 4) is 0 Å². The highest BCUT2D eigenvalue weighted by Crippen LogP contribution is 2.11. The number of benzene rings is 1. The molecule has 21 heavy (non-hydrogen) atoms. The van der Waals surface area contributed by atoms with Gasteiger partial charge in [-0.25, -0.2) is 13.2 Å². The van der Waals surface area contributed by atoms with Crippen LogP contribution in [0.4, 0.5) is 4.79 Å². The summed E-state index contributed by atoms with van der Waals surface area (Å²) in [6.45, 7) is 1.86. The molecule has 0 aromatic heterocycles. The van der Waals surface area contributed by atoms with Gasteiger partial charge in [0.1, 0.15) is 0 Å². The number of hydrogen-bond acceptors (Lipinski definition) is 3. The first-order valence-electron chi connectivity index (χ1n) is 6.58. The van der Waals surface area contributed by atoms with Gasteiger partial charge in [0.25, 0.3) is 0 Å². The summed E-state index contributed by atoms with van der Waals surface area (Å²) in [7, 11) is -3.17. The lowest BCUT2D eigenvalue weighted by Gasteiger charge is -2.33. The minimum atomic E-state index is -3.17. The normalized spacial score (nSPS) is 16.8. The first-order valence-corrected chi connectivity index (χ1v) is 8.81. The van der Waals surface area contributed by atoms with Gasteiger partial charge in [0, 0.05) is 37.7 Å². The number of nitrogens with zero attached hydrogens (tertiary/aromatic N) is 2. The van der Waals surface area contributed by atoms with Crippen molar-refractivity contribution in [2.45, 2.75) is 6.54 Å². The minimum Gasteiger partial charge on any atom is -0.334 e. The smallest absolute Gasteiger partial charge is 0.317 e. The summed E-state index contributed by atoms with van der Waals surface area (Å²) in [6, 6.07) is 7.09. The van der Waals surface area contributed by atoms with Crippen LogP contribution in [0.1, 0.15) is 5.56 Å². The molecule has 1 aromatic rings. The summed E-state index contributed by atoms with van der Waals surface area (Å²) < 4.78 is 24.2. The van der Waals surface area contributed by atoms with Crippen LogP contribution in [0, 0.1) is 0 Å². The molecule has 0 bridgehead atoms. The Morgan fingerprint density at radius 1 is 1.29 bits per heavy atom. The maximum Gasteiger partial charge on any atom is 0.317 e. The molecule has 6 nitrogen and oxygen atoms in total. The molecule has 1 heterocycles. The number of nitrogens with one attached hydrogen (secondary N) is 1. The third kappa shape index (κ3) is 4.59. The molecule has 2 rings (SSSR count). The van der Waals surface area contributed by atoms with E-state index in [0.717, 1.165) is 5.56 Å². The van der Waals surface area contributed by atoms with Crippen LogP contribution < -0.4 is 5.32 Å². The second kappa shape index (κ2) is 6.64. The predicted molar refractivity (Wildman–Crippen MR) is 81.7 cm³/mol. The Labute approximate surface area is 129 Å². The zero-order chi connectivity index (χ0) is 15.5. The van der Waals surface area contributed by atoms with Gasteiger partial charge in [-0.3, -0.25) is 0 Å². The molecular formula is C13H18ClN3O3S. The molecule has 0 atom stereocenters. The lowest BCUT2D eigenvalue weighted by Crippen LogP contribution is -2.52. The fourth-order valence-electron chi connectivity index (χ4n) is 2.16. The van der Waals surface area contributed by atoms with Gasteiger partial charge in [-0.1, -0.05) is 23.7 Å². The van der Waals surface area contributed by atoms with Gasteiger partial charge in [0.05, 0.1) is 6.26 Å². The van der Waals surface area contributed by atoms with E-state index in [2.05, 4.69) is 5.32 Å². The SMILES string of the molecule is CS(=O)(=O)N1CCN(C(=O)NCc2cccc(Cl)c2)CC1. The first-order chi connectivity index (χ1) is 9.86. The van der Waals surface area contributed by atoms with Crippen molar-refractivity contribution in [3.63, 3.8) is 0 Å². The van der Waals surface area contributed by atoms with Crippen molar-refractivity contribution in [3.05, 3.63) is 34.9 Å². The maximum atomic E-state index is 12.0. The van der Waals surface area contributed by atoms with Crippen LogP contribution in [-0.2, 0) is 16.6 Å². The van der Waals surface area contributed by atoms with E-state index in [-0.39, 0.29) is 6.03 Å². The Balaban J connectivity index is 1.83. The summed E-state index contributed by atoms with van der Waals surface area (Å²) >= 11 is 5.88. The van der Waals surface area contributed by atoms with E-state index in [1.807, 2.05) is 12.1 Å². The molecular weight excluding hydrogens is 314 g/mol. The molecule has 2 amide bonds.